The Bertz CT molecular complexity index is 266. The van der Waals surface area contributed by atoms with Crippen LogP contribution in [0.3, 0.4) is 0 Å². The van der Waals surface area contributed by atoms with Gasteiger partial charge in [0.25, 0.3) is 0 Å². The number of fused-ring (bicyclic) bond motifs is 1. The highest BCUT2D eigenvalue weighted by molar-refractivity contribution is 8.77. The van der Waals surface area contributed by atoms with Crippen molar-refractivity contribution in [2.45, 2.75) is 4.90 Å². The van der Waals surface area contributed by atoms with Crippen molar-refractivity contribution in [3.8, 4) is 0 Å². The summed E-state index contributed by atoms with van der Waals surface area (Å²) in [6, 6.07) is 8.35. The van der Waals surface area contributed by atoms with Crippen LogP contribution in [0, 0.1) is 5.41 Å². The van der Waals surface area contributed by atoms with Crippen molar-refractivity contribution in [2.75, 3.05) is 0 Å². The Hall–Kier alpha value is -0.340. The number of rotatable bonds is 0. The summed E-state index contributed by atoms with van der Waals surface area (Å²) < 4.78 is 0. The molecule has 0 fully saturated rings. The summed E-state index contributed by atoms with van der Waals surface area (Å²) in [4.78, 5) is 1.34. The topological polar surface area (TPSA) is 0 Å². The third-order valence-electron chi connectivity index (χ3n) is 1.31. The van der Waals surface area contributed by atoms with Crippen molar-refractivity contribution in [1.29, 1.82) is 0 Å². The zero-order valence-electron chi connectivity index (χ0n) is 5.20. The Morgan fingerprint density at radius 1 is 1.20 bits per heavy atom. The van der Waals surface area contributed by atoms with Gasteiger partial charge in [-0.05, 0) is 17.7 Å². The van der Waals surface area contributed by atoms with E-state index in [1.54, 1.807) is 21.6 Å². The fraction of sp³-hybridized carbons (Fsp3) is 0. The van der Waals surface area contributed by atoms with E-state index >= 15 is 0 Å². The summed E-state index contributed by atoms with van der Waals surface area (Å²) in [5, 5.41) is 3.10. The minimum atomic E-state index is 1.28. The normalized spacial score (nSPS) is 14.8. The zero-order valence-corrected chi connectivity index (χ0v) is 6.84. The number of hydrogen-bond donors (Lipinski definition) is 0. The third kappa shape index (κ3) is 1.09. The van der Waals surface area contributed by atoms with Gasteiger partial charge in [0.15, 0.2) is 0 Å². The van der Waals surface area contributed by atoms with Gasteiger partial charge in [-0.1, -0.05) is 39.8 Å². The van der Waals surface area contributed by atoms with Crippen LogP contribution in [-0.4, -0.2) is 0 Å². The molecule has 0 saturated carbocycles. The Labute approximate surface area is 68.1 Å². The summed E-state index contributed by atoms with van der Waals surface area (Å²) in [6.07, 6.45) is 2.02. The molecule has 0 saturated heterocycles. The van der Waals surface area contributed by atoms with Crippen LogP contribution < -0.4 is 0 Å². The van der Waals surface area contributed by atoms with E-state index in [0.717, 1.165) is 0 Å². The SMILES string of the molecule is [C]1=Cc2ccccc2SS1. The molecule has 1 aliphatic heterocycles. The lowest BCUT2D eigenvalue weighted by Crippen LogP contribution is -1.78. The molecule has 0 N–H and O–H groups in total. The van der Waals surface area contributed by atoms with Crippen molar-refractivity contribution in [1.82, 2.24) is 0 Å². The average Bonchev–Trinajstić information content (AvgIpc) is 2.05. The first-order chi connectivity index (χ1) is 4.97. The molecule has 0 unspecified atom stereocenters. The van der Waals surface area contributed by atoms with Crippen LogP contribution in [0.4, 0.5) is 0 Å². The van der Waals surface area contributed by atoms with Gasteiger partial charge in [-0.15, -0.1) is 0 Å². The van der Waals surface area contributed by atoms with Gasteiger partial charge in [-0.2, -0.15) is 0 Å². The lowest BCUT2D eigenvalue weighted by atomic mass is 10.2. The highest BCUT2D eigenvalue weighted by Gasteiger charge is 2.02. The summed E-state index contributed by atoms with van der Waals surface area (Å²) in [7, 11) is 3.41. The second-order valence-electron chi connectivity index (χ2n) is 1.97. The van der Waals surface area contributed by atoms with E-state index in [0.29, 0.717) is 0 Å². The first-order valence-electron chi connectivity index (χ1n) is 2.98. The number of benzene rings is 1. The van der Waals surface area contributed by atoms with Crippen LogP contribution in [0.25, 0.3) is 6.08 Å². The molecular weight excluding hydrogens is 160 g/mol. The molecule has 0 nitrogen and oxygen atoms in total. The van der Waals surface area contributed by atoms with Gasteiger partial charge in [-0.3, -0.25) is 0 Å². The maximum Gasteiger partial charge on any atom is 0.0337 e. The smallest absolute Gasteiger partial charge is 0.0337 e. The van der Waals surface area contributed by atoms with Crippen LogP contribution in [0.5, 0.6) is 0 Å². The Morgan fingerprint density at radius 3 is 3.00 bits per heavy atom. The molecule has 1 aromatic rings. The van der Waals surface area contributed by atoms with Crippen LogP contribution in [0.1, 0.15) is 5.56 Å². The van der Waals surface area contributed by atoms with Crippen LogP contribution in [0.15, 0.2) is 29.2 Å². The third-order valence-corrected chi connectivity index (χ3v) is 3.24. The molecule has 0 bridgehead atoms. The molecule has 49 valence electrons. The van der Waals surface area contributed by atoms with Crippen LogP contribution in [-0.2, 0) is 0 Å². The second-order valence-corrected chi connectivity index (χ2v) is 3.98. The first-order valence-corrected chi connectivity index (χ1v) is 5.13. The van der Waals surface area contributed by atoms with E-state index in [9.17, 15) is 0 Å². The highest BCUT2D eigenvalue weighted by atomic mass is 33.1. The van der Waals surface area contributed by atoms with Crippen molar-refractivity contribution in [3.05, 3.63) is 35.2 Å². The van der Waals surface area contributed by atoms with Crippen molar-refractivity contribution < 1.29 is 0 Å². The number of hydrogen-bond acceptors (Lipinski definition) is 2. The van der Waals surface area contributed by atoms with E-state index in [1.165, 1.54) is 10.5 Å². The molecule has 0 aromatic heterocycles. The molecule has 2 rings (SSSR count). The quantitative estimate of drug-likeness (QED) is 0.541. The van der Waals surface area contributed by atoms with Gasteiger partial charge in [0, 0.05) is 10.3 Å². The molecule has 0 amide bonds. The molecule has 2 heteroatoms. The van der Waals surface area contributed by atoms with Crippen LogP contribution >= 0.6 is 21.6 Å². The molecule has 1 radical (unpaired) electrons. The van der Waals surface area contributed by atoms with E-state index in [1.807, 2.05) is 12.1 Å². The molecule has 0 spiro atoms. The van der Waals surface area contributed by atoms with Gasteiger partial charge in [0.05, 0.1) is 0 Å². The molecular formula is C8H5S2. The zero-order chi connectivity index (χ0) is 6.81. The Balaban J connectivity index is 2.54. The lowest BCUT2D eigenvalue weighted by Gasteiger charge is -2.05. The van der Waals surface area contributed by atoms with Crippen molar-refractivity contribution in [3.63, 3.8) is 0 Å². The van der Waals surface area contributed by atoms with Gasteiger partial charge in [0.1, 0.15) is 0 Å². The fourth-order valence-corrected chi connectivity index (χ4v) is 2.52. The highest BCUT2D eigenvalue weighted by Crippen LogP contribution is 2.38. The van der Waals surface area contributed by atoms with E-state index in [2.05, 4.69) is 23.6 Å². The van der Waals surface area contributed by atoms with Crippen molar-refractivity contribution >= 4 is 27.7 Å². The van der Waals surface area contributed by atoms with E-state index in [-0.39, 0.29) is 0 Å². The molecule has 0 atom stereocenters. The maximum atomic E-state index is 3.10. The van der Waals surface area contributed by atoms with Gasteiger partial charge in [-0.25, -0.2) is 0 Å². The molecule has 0 aliphatic carbocycles. The van der Waals surface area contributed by atoms with Crippen LogP contribution in [0.2, 0.25) is 0 Å². The van der Waals surface area contributed by atoms with Gasteiger partial charge >= 0.3 is 0 Å². The van der Waals surface area contributed by atoms with Gasteiger partial charge in [0.2, 0.25) is 0 Å². The van der Waals surface area contributed by atoms with Gasteiger partial charge < -0.3 is 0 Å². The summed E-state index contributed by atoms with van der Waals surface area (Å²) in [5.41, 5.74) is 1.28. The molecule has 10 heavy (non-hydrogen) atoms. The summed E-state index contributed by atoms with van der Waals surface area (Å²) in [5.74, 6) is 0. The molecule has 1 heterocycles. The first kappa shape index (κ1) is 6.38. The monoisotopic (exact) mass is 165 g/mol. The van der Waals surface area contributed by atoms with E-state index < -0.39 is 0 Å². The largest absolute Gasteiger partial charge is 0.0616 e. The average molecular weight is 165 g/mol. The minimum absolute atomic E-state index is 1.28. The van der Waals surface area contributed by atoms with E-state index in [4.69, 9.17) is 0 Å². The lowest BCUT2D eigenvalue weighted by molar-refractivity contribution is 1.43. The predicted molar refractivity (Wildman–Crippen MR) is 47.6 cm³/mol. The standard InChI is InChI=1S/C8H5S2/c1-2-4-8-7(3-1)5-6-9-10-8/h1-5H. The minimum Gasteiger partial charge on any atom is -0.0616 e. The fourth-order valence-electron chi connectivity index (χ4n) is 0.832. The predicted octanol–water partition coefficient (Wildman–Crippen LogP) is 3.21. The Kier molecular flexibility index (Phi) is 1.74. The van der Waals surface area contributed by atoms with Crippen molar-refractivity contribution in [2.24, 2.45) is 0 Å². The molecule has 1 aliphatic rings. The molecule has 1 aromatic carbocycles. The Morgan fingerprint density at radius 2 is 2.10 bits per heavy atom. The maximum absolute atomic E-state index is 3.10. The summed E-state index contributed by atoms with van der Waals surface area (Å²) in [6.45, 7) is 0. The second kappa shape index (κ2) is 2.72. The summed E-state index contributed by atoms with van der Waals surface area (Å²) >= 11 is 0.